The van der Waals surface area contributed by atoms with Crippen LogP contribution in [0.4, 0.5) is 0 Å². The van der Waals surface area contributed by atoms with Crippen molar-refractivity contribution in [1.82, 2.24) is 5.32 Å². The molecule has 1 aliphatic carbocycles. The average Bonchev–Trinajstić information content (AvgIpc) is 2.26. The van der Waals surface area contributed by atoms with Crippen molar-refractivity contribution < 1.29 is 10.0 Å². The number of amidine groups is 1. The number of hydrogen-bond acceptors (Lipinski definition) is 3. The molecule has 1 aliphatic rings. The molecule has 0 spiro atoms. The van der Waals surface area contributed by atoms with Gasteiger partial charge in [-0.15, -0.1) is 0 Å². The normalized spacial score (nSPS) is 21.0. The lowest BCUT2D eigenvalue weighted by atomic mass is 9.72. The van der Waals surface area contributed by atoms with Gasteiger partial charge in [0.25, 0.3) is 0 Å². The van der Waals surface area contributed by atoms with Gasteiger partial charge in [-0.1, -0.05) is 24.4 Å². The van der Waals surface area contributed by atoms with Crippen LogP contribution >= 0.6 is 0 Å². The first-order chi connectivity index (χ1) is 7.82. The van der Waals surface area contributed by atoms with Gasteiger partial charge in [-0.2, -0.15) is 0 Å². The molecular weight excluding hydrogens is 218 g/mol. The summed E-state index contributed by atoms with van der Waals surface area (Å²) in [4.78, 5) is 12.4. The van der Waals surface area contributed by atoms with E-state index in [1.54, 1.807) is 0 Å². The van der Waals surface area contributed by atoms with E-state index in [9.17, 15) is 4.79 Å². The van der Waals surface area contributed by atoms with Crippen molar-refractivity contribution in [2.45, 2.75) is 58.4 Å². The van der Waals surface area contributed by atoms with E-state index in [1.165, 1.54) is 0 Å². The Bertz CT molecular complexity index is 312. The van der Waals surface area contributed by atoms with Crippen molar-refractivity contribution in [3.63, 3.8) is 0 Å². The Morgan fingerprint density at radius 2 is 1.82 bits per heavy atom. The molecule has 1 saturated carbocycles. The number of oxime groups is 1. The highest BCUT2D eigenvalue weighted by atomic mass is 16.4. The van der Waals surface area contributed by atoms with Gasteiger partial charge in [0.1, 0.15) is 5.41 Å². The summed E-state index contributed by atoms with van der Waals surface area (Å²) in [5.41, 5.74) is 4.61. The lowest BCUT2D eigenvalue weighted by Crippen LogP contribution is -2.55. The predicted molar refractivity (Wildman–Crippen MR) is 66.8 cm³/mol. The van der Waals surface area contributed by atoms with Crippen LogP contribution in [-0.4, -0.2) is 22.5 Å². The van der Waals surface area contributed by atoms with Crippen LogP contribution in [0.3, 0.4) is 0 Å². The zero-order valence-electron chi connectivity index (χ0n) is 10.9. The second-order valence-corrected chi connectivity index (χ2v) is 5.83. The fraction of sp³-hybridized carbons (Fsp3) is 0.833. The van der Waals surface area contributed by atoms with Gasteiger partial charge < -0.3 is 16.3 Å². The van der Waals surface area contributed by atoms with E-state index >= 15 is 0 Å². The number of carbonyl (C=O) groups is 1. The molecule has 0 aliphatic heterocycles. The number of nitrogens with zero attached hydrogens (tertiary/aromatic N) is 1. The Hall–Kier alpha value is -1.26. The summed E-state index contributed by atoms with van der Waals surface area (Å²) in [7, 11) is 0. The molecule has 5 nitrogen and oxygen atoms in total. The van der Waals surface area contributed by atoms with Crippen LogP contribution in [0.5, 0.6) is 0 Å². The maximum Gasteiger partial charge on any atom is 0.234 e. The third kappa shape index (κ3) is 3.11. The van der Waals surface area contributed by atoms with E-state index in [0.717, 1.165) is 19.3 Å². The summed E-state index contributed by atoms with van der Waals surface area (Å²) in [6.07, 6.45) is 4.29. The molecule has 0 unspecified atom stereocenters. The summed E-state index contributed by atoms with van der Waals surface area (Å²) >= 11 is 0. The lowest BCUT2D eigenvalue weighted by Gasteiger charge is -2.36. The first-order valence-corrected chi connectivity index (χ1v) is 6.12. The Morgan fingerprint density at radius 3 is 2.24 bits per heavy atom. The van der Waals surface area contributed by atoms with Gasteiger partial charge in [-0.05, 0) is 33.6 Å². The largest absolute Gasteiger partial charge is 0.409 e. The highest BCUT2D eigenvalue weighted by Gasteiger charge is 2.44. The van der Waals surface area contributed by atoms with E-state index in [1.807, 2.05) is 20.8 Å². The number of amides is 1. The van der Waals surface area contributed by atoms with Gasteiger partial charge in [0, 0.05) is 5.54 Å². The number of rotatable bonds is 2. The van der Waals surface area contributed by atoms with Crippen molar-refractivity contribution in [2.24, 2.45) is 16.3 Å². The Balaban J connectivity index is 2.94. The minimum absolute atomic E-state index is 0.0407. The van der Waals surface area contributed by atoms with E-state index < -0.39 is 5.41 Å². The SMILES string of the molecule is CC(C)(C)NC(=O)C1(C(N)=NO)CCCCC1. The molecule has 0 saturated heterocycles. The van der Waals surface area contributed by atoms with Crippen molar-refractivity contribution in [3.05, 3.63) is 0 Å². The predicted octanol–water partition coefficient (Wildman–Crippen LogP) is 1.60. The molecule has 0 aromatic carbocycles. The highest BCUT2D eigenvalue weighted by Crippen LogP contribution is 2.37. The maximum atomic E-state index is 12.4. The van der Waals surface area contributed by atoms with Crippen molar-refractivity contribution in [2.75, 3.05) is 0 Å². The van der Waals surface area contributed by atoms with E-state index in [0.29, 0.717) is 12.8 Å². The smallest absolute Gasteiger partial charge is 0.234 e. The van der Waals surface area contributed by atoms with Crippen LogP contribution in [0.15, 0.2) is 5.16 Å². The minimum atomic E-state index is -0.819. The third-order valence-electron chi connectivity index (χ3n) is 3.23. The standard InChI is InChI=1S/C12H23N3O2/c1-11(2,3)14-10(16)12(9(13)15-17)7-5-4-6-8-12/h17H,4-8H2,1-3H3,(H2,13,15)(H,14,16). The molecule has 1 fully saturated rings. The van der Waals surface area contributed by atoms with Gasteiger partial charge >= 0.3 is 0 Å². The van der Waals surface area contributed by atoms with Gasteiger partial charge in [0.05, 0.1) is 0 Å². The van der Waals surface area contributed by atoms with Crippen molar-refractivity contribution in [3.8, 4) is 0 Å². The average molecular weight is 241 g/mol. The van der Waals surface area contributed by atoms with E-state index in [2.05, 4.69) is 10.5 Å². The zero-order chi connectivity index (χ0) is 13.1. The van der Waals surface area contributed by atoms with Gasteiger partial charge in [0.2, 0.25) is 5.91 Å². The molecular formula is C12H23N3O2. The summed E-state index contributed by atoms with van der Waals surface area (Å²) in [6.45, 7) is 5.77. The number of carbonyl (C=O) groups excluding carboxylic acids is 1. The number of nitrogens with two attached hydrogens (primary N) is 1. The minimum Gasteiger partial charge on any atom is -0.409 e. The fourth-order valence-electron chi connectivity index (χ4n) is 2.31. The second kappa shape index (κ2) is 4.94. The fourth-order valence-corrected chi connectivity index (χ4v) is 2.31. The second-order valence-electron chi connectivity index (χ2n) is 5.83. The maximum absolute atomic E-state index is 12.4. The van der Waals surface area contributed by atoms with Crippen LogP contribution in [0.1, 0.15) is 52.9 Å². The Labute approximate surface area is 102 Å². The number of hydrogen-bond donors (Lipinski definition) is 3. The Kier molecular flexibility index (Phi) is 4.01. The molecule has 4 N–H and O–H groups in total. The van der Waals surface area contributed by atoms with E-state index in [4.69, 9.17) is 10.9 Å². The Morgan fingerprint density at radius 1 is 1.29 bits per heavy atom. The molecule has 1 amide bonds. The van der Waals surface area contributed by atoms with Crippen LogP contribution in [0, 0.1) is 5.41 Å². The van der Waals surface area contributed by atoms with Crippen molar-refractivity contribution >= 4 is 11.7 Å². The molecule has 0 radical (unpaired) electrons. The topological polar surface area (TPSA) is 87.7 Å². The summed E-state index contributed by atoms with van der Waals surface area (Å²) in [5, 5.41) is 14.9. The third-order valence-corrected chi connectivity index (χ3v) is 3.23. The molecule has 1 rings (SSSR count). The first-order valence-electron chi connectivity index (χ1n) is 6.12. The van der Waals surface area contributed by atoms with Crippen molar-refractivity contribution in [1.29, 1.82) is 0 Å². The van der Waals surface area contributed by atoms with Gasteiger partial charge in [0.15, 0.2) is 5.84 Å². The van der Waals surface area contributed by atoms with Crippen LogP contribution in [0.2, 0.25) is 0 Å². The molecule has 0 aromatic rings. The highest BCUT2D eigenvalue weighted by molar-refractivity contribution is 6.07. The van der Waals surface area contributed by atoms with E-state index in [-0.39, 0.29) is 17.3 Å². The quantitative estimate of drug-likeness (QED) is 0.297. The van der Waals surface area contributed by atoms with Gasteiger partial charge in [-0.25, -0.2) is 0 Å². The summed E-state index contributed by atoms with van der Waals surface area (Å²) in [6, 6.07) is 0. The molecule has 0 atom stereocenters. The molecule has 5 heteroatoms. The summed E-state index contributed by atoms with van der Waals surface area (Å²) in [5.74, 6) is -0.0843. The zero-order valence-corrected chi connectivity index (χ0v) is 10.9. The molecule has 98 valence electrons. The van der Waals surface area contributed by atoms with Gasteiger partial charge in [-0.3, -0.25) is 4.79 Å². The summed E-state index contributed by atoms with van der Waals surface area (Å²) < 4.78 is 0. The lowest BCUT2D eigenvalue weighted by molar-refractivity contribution is -0.130. The first kappa shape index (κ1) is 13.8. The van der Waals surface area contributed by atoms with Crippen LogP contribution in [0.25, 0.3) is 0 Å². The molecule has 0 bridgehead atoms. The molecule has 17 heavy (non-hydrogen) atoms. The number of nitrogens with one attached hydrogen (secondary N) is 1. The molecule has 0 heterocycles. The van der Waals surface area contributed by atoms with Crippen LogP contribution in [-0.2, 0) is 4.79 Å². The van der Waals surface area contributed by atoms with Crippen LogP contribution < -0.4 is 11.1 Å². The monoisotopic (exact) mass is 241 g/mol. The molecule has 0 aromatic heterocycles.